The second-order valence-electron chi connectivity index (χ2n) is 5.61. The average Bonchev–Trinajstić information content (AvgIpc) is 2.64. The van der Waals surface area contributed by atoms with E-state index < -0.39 is 60.5 Å². The number of nitrogens with zero attached hydrogens (tertiary/aromatic N) is 3. The molecule has 8 nitrogen and oxygen atoms in total. The number of esters is 1. The van der Waals surface area contributed by atoms with E-state index in [1.165, 1.54) is 6.92 Å². The summed E-state index contributed by atoms with van der Waals surface area (Å²) < 4.78 is 34.2. The molecule has 0 N–H and O–H groups in total. The molecule has 0 saturated carbocycles. The fourth-order valence-electron chi connectivity index (χ4n) is 2.59. The van der Waals surface area contributed by atoms with Crippen LogP contribution in [0.25, 0.3) is 16.7 Å². The number of hydrogen-bond donors (Lipinski definition) is 0. The van der Waals surface area contributed by atoms with Gasteiger partial charge in [-0.25, -0.2) is 18.6 Å². The van der Waals surface area contributed by atoms with Crippen LogP contribution in [0.2, 0.25) is 10.2 Å². The Hall–Kier alpha value is -3.11. The van der Waals surface area contributed by atoms with Crippen molar-refractivity contribution in [2.24, 2.45) is 0 Å². The quantitative estimate of drug-likeness (QED) is 0.260. The van der Waals surface area contributed by atoms with Gasteiger partial charge in [0.2, 0.25) is 5.43 Å². The van der Waals surface area contributed by atoms with Crippen molar-refractivity contribution in [3.8, 4) is 5.69 Å². The third-order valence-electron chi connectivity index (χ3n) is 3.86. The Morgan fingerprint density at radius 3 is 2.59 bits per heavy atom. The molecule has 0 radical (unpaired) electrons. The normalized spacial score (nSPS) is 10.9. The van der Waals surface area contributed by atoms with Gasteiger partial charge in [0, 0.05) is 18.3 Å². The number of carbonyl (C=O) groups excluding carboxylic acids is 1. The molecule has 3 rings (SSSR count). The number of pyridine rings is 2. The Bertz CT molecular complexity index is 1250. The number of nitro benzene ring substituents is 1. The molecule has 1 aromatic carbocycles. The molecule has 0 aliphatic carbocycles. The molecule has 12 heteroatoms. The minimum Gasteiger partial charge on any atom is -0.462 e. The molecule has 0 amide bonds. The zero-order valence-electron chi connectivity index (χ0n) is 14.4. The number of benzene rings is 1. The predicted octanol–water partition coefficient (Wildman–Crippen LogP) is 4.06. The van der Waals surface area contributed by atoms with Crippen molar-refractivity contribution < 1.29 is 23.2 Å². The summed E-state index contributed by atoms with van der Waals surface area (Å²) in [6, 6.07) is 2.21. The minimum atomic E-state index is -1.05. The third kappa shape index (κ3) is 3.64. The Labute approximate surface area is 170 Å². The molecular formula is C17H9Cl2F2N3O5. The molecule has 0 bridgehead atoms. The van der Waals surface area contributed by atoms with E-state index in [0.717, 1.165) is 22.9 Å². The maximum atomic E-state index is 14.6. The zero-order valence-corrected chi connectivity index (χ0v) is 15.9. The Balaban J connectivity index is 2.47. The van der Waals surface area contributed by atoms with Gasteiger partial charge in [-0.1, -0.05) is 23.2 Å². The lowest BCUT2D eigenvalue weighted by atomic mass is 10.1. The molecule has 0 aliphatic heterocycles. The number of halogens is 4. The lowest BCUT2D eigenvalue weighted by molar-refractivity contribution is -0.384. The fraction of sp³-hybridized carbons (Fsp3) is 0.118. The maximum Gasteiger partial charge on any atom is 0.343 e. The molecule has 0 atom stereocenters. The molecule has 0 fully saturated rings. The van der Waals surface area contributed by atoms with E-state index in [9.17, 15) is 28.5 Å². The molecule has 29 heavy (non-hydrogen) atoms. The van der Waals surface area contributed by atoms with Crippen molar-refractivity contribution in [2.45, 2.75) is 6.92 Å². The van der Waals surface area contributed by atoms with Gasteiger partial charge < -0.3 is 4.74 Å². The summed E-state index contributed by atoms with van der Waals surface area (Å²) in [6.45, 7) is 1.44. The van der Waals surface area contributed by atoms with Crippen molar-refractivity contribution in [1.82, 2.24) is 9.55 Å². The van der Waals surface area contributed by atoms with E-state index in [1.54, 1.807) is 0 Å². The fourth-order valence-corrected chi connectivity index (χ4v) is 2.95. The number of carbonyl (C=O) groups is 1. The first kappa shape index (κ1) is 20.6. The van der Waals surface area contributed by atoms with E-state index >= 15 is 0 Å². The van der Waals surface area contributed by atoms with Crippen LogP contribution in [0.5, 0.6) is 0 Å². The molecule has 150 valence electrons. The summed E-state index contributed by atoms with van der Waals surface area (Å²) in [4.78, 5) is 38.8. The molecule has 2 heterocycles. The number of hydrogen-bond acceptors (Lipinski definition) is 6. The van der Waals surface area contributed by atoms with Crippen LogP contribution in [-0.2, 0) is 4.74 Å². The van der Waals surface area contributed by atoms with Crippen molar-refractivity contribution >= 4 is 45.9 Å². The molecule has 3 aromatic rings. The van der Waals surface area contributed by atoms with Gasteiger partial charge in [0.25, 0.3) is 5.69 Å². The van der Waals surface area contributed by atoms with Gasteiger partial charge in [-0.3, -0.25) is 19.5 Å². The second-order valence-corrected chi connectivity index (χ2v) is 6.37. The monoisotopic (exact) mass is 443 g/mol. The van der Waals surface area contributed by atoms with Gasteiger partial charge in [0.1, 0.15) is 16.4 Å². The van der Waals surface area contributed by atoms with E-state index in [2.05, 4.69) is 4.98 Å². The molecule has 0 spiro atoms. The van der Waals surface area contributed by atoms with Gasteiger partial charge in [-0.2, -0.15) is 0 Å². The highest BCUT2D eigenvalue weighted by molar-refractivity contribution is 6.32. The second kappa shape index (κ2) is 7.72. The summed E-state index contributed by atoms with van der Waals surface area (Å²) in [5, 5.41) is 9.67. The number of nitro groups is 1. The van der Waals surface area contributed by atoms with Gasteiger partial charge >= 0.3 is 5.97 Å². The van der Waals surface area contributed by atoms with Gasteiger partial charge in [-0.05, 0) is 13.0 Å². The van der Waals surface area contributed by atoms with Crippen molar-refractivity contribution in [3.63, 3.8) is 0 Å². The average molecular weight is 444 g/mol. The molecule has 2 aromatic heterocycles. The van der Waals surface area contributed by atoms with E-state index in [-0.39, 0.29) is 12.3 Å². The summed E-state index contributed by atoms with van der Waals surface area (Å²) >= 11 is 11.4. The van der Waals surface area contributed by atoms with Crippen LogP contribution in [0.15, 0.2) is 29.2 Å². The summed E-state index contributed by atoms with van der Waals surface area (Å²) in [7, 11) is 0. The highest BCUT2D eigenvalue weighted by Gasteiger charge is 2.23. The first-order valence-corrected chi connectivity index (χ1v) is 8.63. The van der Waals surface area contributed by atoms with Crippen LogP contribution in [0, 0.1) is 21.7 Å². The Kier molecular flexibility index (Phi) is 5.49. The molecule has 0 unspecified atom stereocenters. The maximum absolute atomic E-state index is 14.6. The lowest BCUT2D eigenvalue weighted by Crippen LogP contribution is -2.21. The smallest absolute Gasteiger partial charge is 0.343 e. The van der Waals surface area contributed by atoms with Gasteiger partial charge in [0.05, 0.1) is 22.6 Å². The van der Waals surface area contributed by atoms with Crippen LogP contribution >= 0.6 is 23.2 Å². The van der Waals surface area contributed by atoms with Crippen molar-refractivity contribution in [2.75, 3.05) is 6.61 Å². The molecule has 0 saturated heterocycles. The summed E-state index contributed by atoms with van der Waals surface area (Å²) in [5.41, 5.74) is -2.92. The molecular weight excluding hydrogens is 435 g/mol. The Morgan fingerprint density at radius 1 is 1.28 bits per heavy atom. The summed E-state index contributed by atoms with van der Waals surface area (Å²) in [6.07, 6.45) is 0.889. The molecule has 0 aliphatic rings. The van der Waals surface area contributed by atoms with Crippen LogP contribution < -0.4 is 5.43 Å². The highest BCUT2D eigenvalue weighted by atomic mass is 35.5. The van der Waals surface area contributed by atoms with Gasteiger partial charge in [0.15, 0.2) is 16.6 Å². The lowest BCUT2D eigenvalue weighted by Gasteiger charge is -2.14. The first-order chi connectivity index (χ1) is 13.6. The summed E-state index contributed by atoms with van der Waals surface area (Å²) in [5.74, 6) is -3.12. The van der Waals surface area contributed by atoms with Crippen molar-refractivity contribution in [3.05, 3.63) is 72.1 Å². The highest BCUT2D eigenvalue weighted by Crippen LogP contribution is 2.31. The number of ether oxygens (including phenoxy) is 1. The van der Waals surface area contributed by atoms with E-state index in [0.29, 0.717) is 6.07 Å². The van der Waals surface area contributed by atoms with E-state index in [4.69, 9.17) is 27.9 Å². The Morgan fingerprint density at radius 2 is 1.97 bits per heavy atom. The van der Waals surface area contributed by atoms with Gasteiger partial charge in [-0.15, -0.1) is 0 Å². The van der Waals surface area contributed by atoms with Crippen LogP contribution in [0.3, 0.4) is 0 Å². The first-order valence-electron chi connectivity index (χ1n) is 7.88. The van der Waals surface area contributed by atoms with Crippen LogP contribution in [0.4, 0.5) is 14.5 Å². The standard InChI is InChI=1S/C17H9Cl2F2N3O5/c1-2-29-17(26)8-6-23(13-5-12(24(27)28)9(18)4-10(13)20)16-7(14(8)25)3-11(21)15(19)22-16/h3-6H,2H2,1H3. The minimum absolute atomic E-state index is 0.0652. The number of rotatable bonds is 4. The largest absolute Gasteiger partial charge is 0.462 e. The topological polar surface area (TPSA) is 104 Å². The van der Waals surface area contributed by atoms with Crippen LogP contribution in [0.1, 0.15) is 17.3 Å². The van der Waals surface area contributed by atoms with E-state index in [1.807, 2.05) is 0 Å². The number of aromatic nitrogens is 2. The number of fused-ring (bicyclic) bond motifs is 1. The van der Waals surface area contributed by atoms with Crippen molar-refractivity contribution in [1.29, 1.82) is 0 Å². The predicted molar refractivity (Wildman–Crippen MR) is 99.9 cm³/mol. The van der Waals surface area contributed by atoms with Crippen LogP contribution in [-0.4, -0.2) is 27.1 Å². The SMILES string of the molecule is CCOC(=O)c1cn(-c2cc([N+](=O)[O-])c(Cl)cc2F)c2nc(Cl)c(F)cc2c1=O. The third-order valence-corrected chi connectivity index (χ3v) is 4.42. The zero-order chi connectivity index (χ0) is 21.5.